The number of nitrogens with one attached hydrogen (secondary N) is 1. The smallest absolute Gasteiger partial charge is 0.253 e. The number of nitrogens with two attached hydrogens (primary N) is 1. The standard InChI is InChI=1S/C14H19ClN2OS/c1-19-11-4-2-3-10(8-11)17-14(18)12-7-9(16)5-6-13(12)15/h5-7,10-11H,2-4,8,16H2,1H3,(H,17,18). The van der Waals surface area contributed by atoms with Crippen molar-refractivity contribution >= 4 is 35.0 Å². The first kappa shape index (κ1) is 14.5. The van der Waals surface area contributed by atoms with Crippen molar-refractivity contribution in [2.24, 2.45) is 0 Å². The second kappa shape index (κ2) is 6.53. The molecule has 1 aromatic carbocycles. The summed E-state index contributed by atoms with van der Waals surface area (Å²) in [6, 6.07) is 5.24. The summed E-state index contributed by atoms with van der Waals surface area (Å²) in [5.74, 6) is -0.121. The molecule has 0 bridgehead atoms. The van der Waals surface area contributed by atoms with Crippen LogP contribution >= 0.6 is 23.4 Å². The Morgan fingerprint density at radius 3 is 3.00 bits per heavy atom. The van der Waals surface area contributed by atoms with Gasteiger partial charge in [-0.2, -0.15) is 11.8 Å². The van der Waals surface area contributed by atoms with Crippen LogP contribution in [0.5, 0.6) is 0 Å². The minimum absolute atomic E-state index is 0.121. The summed E-state index contributed by atoms with van der Waals surface area (Å²) < 4.78 is 0. The highest BCUT2D eigenvalue weighted by atomic mass is 35.5. The molecule has 0 spiro atoms. The molecule has 1 saturated carbocycles. The third-order valence-corrected chi connectivity index (χ3v) is 4.95. The molecule has 2 unspecified atom stereocenters. The van der Waals surface area contributed by atoms with Crippen LogP contribution in [0.4, 0.5) is 5.69 Å². The summed E-state index contributed by atoms with van der Waals surface area (Å²) in [4.78, 5) is 12.2. The SMILES string of the molecule is CSC1CCCC(NC(=O)c2cc(N)ccc2Cl)C1. The number of carbonyl (C=O) groups excluding carboxylic acids is 1. The Labute approximate surface area is 123 Å². The van der Waals surface area contributed by atoms with E-state index in [-0.39, 0.29) is 11.9 Å². The van der Waals surface area contributed by atoms with Gasteiger partial charge < -0.3 is 11.1 Å². The van der Waals surface area contributed by atoms with E-state index in [1.807, 2.05) is 11.8 Å². The zero-order valence-corrected chi connectivity index (χ0v) is 12.6. The summed E-state index contributed by atoms with van der Waals surface area (Å²) >= 11 is 7.92. The monoisotopic (exact) mass is 298 g/mol. The van der Waals surface area contributed by atoms with Crippen LogP contribution in [0.2, 0.25) is 5.02 Å². The number of anilines is 1. The van der Waals surface area contributed by atoms with E-state index in [0.717, 1.165) is 12.8 Å². The Kier molecular flexibility index (Phi) is 4.99. The van der Waals surface area contributed by atoms with E-state index in [4.69, 9.17) is 17.3 Å². The average molecular weight is 299 g/mol. The van der Waals surface area contributed by atoms with Crippen LogP contribution in [0.25, 0.3) is 0 Å². The van der Waals surface area contributed by atoms with Crippen molar-refractivity contribution in [2.75, 3.05) is 12.0 Å². The highest BCUT2D eigenvalue weighted by Crippen LogP contribution is 2.27. The van der Waals surface area contributed by atoms with Gasteiger partial charge in [0.1, 0.15) is 0 Å². The van der Waals surface area contributed by atoms with Crippen molar-refractivity contribution in [2.45, 2.75) is 37.0 Å². The highest BCUT2D eigenvalue weighted by Gasteiger charge is 2.23. The summed E-state index contributed by atoms with van der Waals surface area (Å²) in [6.07, 6.45) is 6.62. The fourth-order valence-electron chi connectivity index (χ4n) is 2.47. The fourth-order valence-corrected chi connectivity index (χ4v) is 3.50. The molecule has 0 radical (unpaired) electrons. The largest absolute Gasteiger partial charge is 0.399 e. The molecule has 1 aliphatic rings. The maximum absolute atomic E-state index is 12.2. The van der Waals surface area contributed by atoms with Gasteiger partial charge in [-0.1, -0.05) is 18.0 Å². The van der Waals surface area contributed by atoms with Crippen molar-refractivity contribution in [3.05, 3.63) is 28.8 Å². The molecule has 5 heteroatoms. The van der Waals surface area contributed by atoms with E-state index in [0.29, 0.717) is 21.5 Å². The van der Waals surface area contributed by atoms with Gasteiger partial charge in [-0.05, 0) is 43.7 Å². The average Bonchev–Trinajstić information content (AvgIpc) is 2.41. The molecule has 0 saturated heterocycles. The number of hydrogen-bond donors (Lipinski definition) is 2. The second-order valence-corrected chi connectivity index (χ2v) is 6.48. The van der Waals surface area contributed by atoms with Gasteiger partial charge in [0.05, 0.1) is 10.6 Å². The fraction of sp³-hybridized carbons (Fsp3) is 0.500. The van der Waals surface area contributed by atoms with Gasteiger partial charge in [-0.15, -0.1) is 0 Å². The van der Waals surface area contributed by atoms with Gasteiger partial charge >= 0.3 is 0 Å². The molecule has 3 nitrogen and oxygen atoms in total. The lowest BCUT2D eigenvalue weighted by atomic mass is 9.94. The minimum atomic E-state index is -0.121. The second-order valence-electron chi connectivity index (χ2n) is 4.93. The number of rotatable bonds is 3. The first-order chi connectivity index (χ1) is 9.10. The maximum atomic E-state index is 12.2. The zero-order valence-electron chi connectivity index (χ0n) is 11.0. The molecule has 0 aliphatic heterocycles. The normalized spacial score (nSPS) is 23.1. The number of hydrogen-bond acceptors (Lipinski definition) is 3. The van der Waals surface area contributed by atoms with Crippen LogP contribution in [0.15, 0.2) is 18.2 Å². The van der Waals surface area contributed by atoms with E-state index in [1.165, 1.54) is 12.8 Å². The molecule has 1 fully saturated rings. The van der Waals surface area contributed by atoms with Crippen LogP contribution < -0.4 is 11.1 Å². The van der Waals surface area contributed by atoms with Gasteiger partial charge in [-0.25, -0.2) is 0 Å². The van der Waals surface area contributed by atoms with E-state index in [9.17, 15) is 4.79 Å². The number of halogens is 1. The molecule has 1 aromatic rings. The Morgan fingerprint density at radius 1 is 1.47 bits per heavy atom. The highest BCUT2D eigenvalue weighted by molar-refractivity contribution is 7.99. The first-order valence-electron chi connectivity index (χ1n) is 6.49. The molecule has 1 aliphatic carbocycles. The summed E-state index contributed by atoms with van der Waals surface area (Å²) in [7, 11) is 0. The Bertz CT molecular complexity index is 467. The lowest BCUT2D eigenvalue weighted by Gasteiger charge is -2.28. The zero-order chi connectivity index (χ0) is 13.8. The molecule has 0 heterocycles. The number of amides is 1. The van der Waals surface area contributed by atoms with Crippen molar-refractivity contribution in [1.29, 1.82) is 0 Å². The van der Waals surface area contributed by atoms with E-state index in [1.54, 1.807) is 18.2 Å². The molecule has 2 atom stereocenters. The summed E-state index contributed by atoms with van der Waals surface area (Å²) in [5.41, 5.74) is 6.72. The summed E-state index contributed by atoms with van der Waals surface area (Å²) in [6.45, 7) is 0. The van der Waals surface area contributed by atoms with Crippen molar-refractivity contribution in [1.82, 2.24) is 5.32 Å². The Morgan fingerprint density at radius 2 is 2.26 bits per heavy atom. The van der Waals surface area contributed by atoms with Crippen LogP contribution in [-0.4, -0.2) is 23.5 Å². The molecule has 19 heavy (non-hydrogen) atoms. The molecular weight excluding hydrogens is 280 g/mol. The third kappa shape index (κ3) is 3.80. The molecular formula is C14H19ClN2OS. The lowest BCUT2D eigenvalue weighted by molar-refractivity contribution is 0.0928. The first-order valence-corrected chi connectivity index (χ1v) is 8.15. The number of nitrogen functional groups attached to an aromatic ring is 1. The van der Waals surface area contributed by atoms with Gasteiger partial charge in [0.2, 0.25) is 0 Å². The van der Waals surface area contributed by atoms with Crippen LogP contribution in [-0.2, 0) is 0 Å². The molecule has 1 amide bonds. The van der Waals surface area contributed by atoms with Gasteiger partial charge in [0, 0.05) is 17.0 Å². The lowest BCUT2D eigenvalue weighted by Crippen LogP contribution is -2.39. The third-order valence-electron chi connectivity index (χ3n) is 3.53. The van der Waals surface area contributed by atoms with Crippen LogP contribution in [0.3, 0.4) is 0 Å². The van der Waals surface area contributed by atoms with Crippen molar-refractivity contribution in [3.63, 3.8) is 0 Å². The van der Waals surface area contributed by atoms with Gasteiger partial charge in [-0.3, -0.25) is 4.79 Å². The quantitative estimate of drug-likeness (QED) is 0.842. The Hall–Kier alpha value is -0.870. The van der Waals surface area contributed by atoms with Crippen LogP contribution in [0, 0.1) is 0 Å². The minimum Gasteiger partial charge on any atom is -0.399 e. The number of thioether (sulfide) groups is 1. The maximum Gasteiger partial charge on any atom is 0.253 e. The van der Waals surface area contributed by atoms with Crippen molar-refractivity contribution < 1.29 is 4.79 Å². The van der Waals surface area contributed by atoms with Crippen LogP contribution in [0.1, 0.15) is 36.0 Å². The molecule has 104 valence electrons. The van der Waals surface area contributed by atoms with Gasteiger partial charge in [0.25, 0.3) is 5.91 Å². The molecule has 3 N–H and O–H groups in total. The number of carbonyl (C=O) groups is 1. The molecule has 2 rings (SSSR count). The predicted molar refractivity (Wildman–Crippen MR) is 82.9 cm³/mol. The van der Waals surface area contributed by atoms with E-state index >= 15 is 0 Å². The topological polar surface area (TPSA) is 55.1 Å². The van der Waals surface area contributed by atoms with Crippen molar-refractivity contribution in [3.8, 4) is 0 Å². The van der Waals surface area contributed by atoms with E-state index < -0.39 is 0 Å². The Balaban J connectivity index is 2.02. The molecule has 0 aromatic heterocycles. The van der Waals surface area contributed by atoms with Gasteiger partial charge in [0.15, 0.2) is 0 Å². The van der Waals surface area contributed by atoms with E-state index in [2.05, 4.69) is 11.6 Å². The summed E-state index contributed by atoms with van der Waals surface area (Å²) in [5, 5.41) is 4.17. The predicted octanol–water partition coefficient (Wildman–Crippen LogP) is 3.33. The number of benzene rings is 1.